The Bertz CT molecular complexity index is 715. The number of aryl methyl sites for hydroxylation is 2. The van der Waals surface area contributed by atoms with Crippen LogP contribution in [0.2, 0.25) is 0 Å². The molecule has 2 aromatic rings. The molecule has 8 heteroatoms. The molecule has 8 nitrogen and oxygen atoms in total. The summed E-state index contributed by atoms with van der Waals surface area (Å²) in [5.74, 6) is 0. The second-order valence-electron chi connectivity index (χ2n) is 6.19. The number of amides is 2. The van der Waals surface area contributed by atoms with Crippen molar-refractivity contribution in [1.82, 2.24) is 34.4 Å². The van der Waals surface area contributed by atoms with E-state index in [0.717, 1.165) is 25.3 Å². The smallest absolute Gasteiger partial charge is 0.317 e. The molecule has 0 bridgehead atoms. The molecule has 0 aromatic carbocycles. The van der Waals surface area contributed by atoms with Gasteiger partial charge in [-0.1, -0.05) is 0 Å². The van der Waals surface area contributed by atoms with Crippen molar-refractivity contribution in [3.63, 3.8) is 0 Å². The molecule has 124 valence electrons. The first-order chi connectivity index (χ1) is 11.0. The van der Waals surface area contributed by atoms with E-state index in [1.807, 2.05) is 35.9 Å². The standard InChI is InChI=1S/C15H23N7O/c1-19(2)15(23)17-6-13-12-8-22(9-14(12)21(4)18-13)7-11-5-16-10-20(11)3/h5,10H,6-9H2,1-4H3,(H,17,23). The Morgan fingerprint density at radius 3 is 2.78 bits per heavy atom. The molecule has 0 fully saturated rings. The maximum atomic E-state index is 11.7. The number of nitrogens with one attached hydrogen (secondary N) is 1. The fourth-order valence-corrected chi connectivity index (χ4v) is 2.87. The Kier molecular flexibility index (Phi) is 4.08. The van der Waals surface area contributed by atoms with E-state index in [4.69, 9.17) is 0 Å². The van der Waals surface area contributed by atoms with E-state index >= 15 is 0 Å². The minimum absolute atomic E-state index is 0.103. The van der Waals surface area contributed by atoms with Gasteiger partial charge >= 0.3 is 6.03 Å². The van der Waals surface area contributed by atoms with Crippen LogP contribution >= 0.6 is 0 Å². The van der Waals surface area contributed by atoms with Crippen LogP contribution < -0.4 is 5.32 Å². The third kappa shape index (κ3) is 3.07. The Morgan fingerprint density at radius 1 is 1.35 bits per heavy atom. The molecule has 0 radical (unpaired) electrons. The molecule has 2 aromatic heterocycles. The zero-order chi connectivity index (χ0) is 16.6. The van der Waals surface area contributed by atoms with E-state index in [1.165, 1.54) is 21.9 Å². The van der Waals surface area contributed by atoms with Crippen molar-refractivity contribution in [3.8, 4) is 0 Å². The first-order valence-corrected chi connectivity index (χ1v) is 7.62. The second-order valence-corrected chi connectivity index (χ2v) is 6.19. The molecule has 2 amide bonds. The molecule has 0 saturated carbocycles. The van der Waals surface area contributed by atoms with Crippen LogP contribution in [0.3, 0.4) is 0 Å². The van der Waals surface area contributed by atoms with Gasteiger partial charge in [0, 0.05) is 59.6 Å². The highest BCUT2D eigenvalue weighted by molar-refractivity contribution is 5.73. The van der Waals surface area contributed by atoms with Gasteiger partial charge in [-0.2, -0.15) is 5.10 Å². The number of fused-ring (bicyclic) bond motifs is 1. The van der Waals surface area contributed by atoms with Crippen LogP contribution in [0.25, 0.3) is 0 Å². The van der Waals surface area contributed by atoms with Crippen molar-refractivity contribution in [1.29, 1.82) is 0 Å². The average molecular weight is 317 g/mol. The van der Waals surface area contributed by atoms with Crippen LogP contribution in [0.15, 0.2) is 12.5 Å². The highest BCUT2D eigenvalue weighted by atomic mass is 16.2. The van der Waals surface area contributed by atoms with Gasteiger partial charge in [0.1, 0.15) is 0 Å². The Morgan fingerprint density at radius 2 is 2.13 bits per heavy atom. The van der Waals surface area contributed by atoms with Gasteiger partial charge in [0.2, 0.25) is 0 Å². The maximum absolute atomic E-state index is 11.7. The van der Waals surface area contributed by atoms with Gasteiger partial charge in [-0.05, 0) is 0 Å². The average Bonchev–Trinajstić information content (AvgIpc) is 3.16. The molecule has 0 saturated heterocycles. The molecule has 0 spiro atoms. The lowest BCUT2D eigenvalue weighted by molar-refractivity contribution is 0.216. The largest absolute Gasteiger partial charge is 0.337 e. The van der Waals surface area contributed by atoms with Gasteiger partial charge < -0.3 is 14.8 Å². The number of carbonyl (C=O) groups excluding carboxylic acids is 1. The van der Waals surface area contributed by atoms with Gasteiger partial charge in [-0.3, -0.25) is 9.58 Å². The van der Waals surface area contributed by atoms with Gasteiger partial charge in [0.15, 0.2) is 0 Å². The first-order valence-electron chi connectivity index (χ1n) is 7.62. The van der Waals surface area contributed by atoms with Crippen LogP contribution in [-0.4, -0.2) is 49.3 Å². The topological polar surface area (TPSA) is 71.2 Å². The third-order valence-corrected chi connectivity index (χ3v) is 4.23. The third-order valence-electron chi connectivity index (χ3n) is 4.23. The van der Waals surface area contributed by atoms with E-state index in [9.17, 15) is 4.79 Å². The molecule has 1 aliphatic heterocycles. The molecule has 0 atom stereocenters. The minimum Gasteiger partial charge on any atom is -0.337 e. The highest BCUT2D eigenvalue weighted by Crippen LogP contribution is 2.26. The van der Waals surface area contributed by atoms with E-state index in [-0.39, 0.29) is 6.03 Å². The highest BCUT2D eigenvalue weighted by Gasteiger charge is 2.27. The summed E-state index contributed by atoms with van der Waals surface area (Å²) < 4.78 is 3.97. The Balaban J connectivity index is 1.69. The number of hydrogen-bond donors (Lipinski definition) is 1. The SMILES string of the molecule is CN(C)C(=O)NCc1nn(C)c2c1CN(Cc1cncn1C)C2. The first kappa shape index (κ1) is 15.5. The van der Waals surface area contributed by atoms with Gasteiger partial charge in [0.05, 0.1) is 30.0 Å². The molecule has 1 aliphatic rings. The lowest BCUT2D eigenvalue weighted by atomic mass is 10.2. The number of nitrogens with zero attached hydrogens (tertiary/aromatic N) is 6. The minimum atomic E-state index is -0.103. The van der Waals surface area contributed by atoms with Crippen molar-refractivity contribution >= 4 is 6.03 Å². The number of urea groups is 1. The van der Waals surface area contributed by atoms with E-state index < -0.39 is 0 Å². The fraction of sp³-hybridized carbons (Fsp3) is 0.533. The molecule has 1 N–H and O–H groups in total. The maximum Gasteiger partial charge on any atom is 0.317 e. The molecule has 23 heavy (non-hydrogen) atoms. The molecule has 0 aliphatic carbocycles. The predicted molar refractivity (Wildman–Crippen MR) is 85.3 cm³/mol. The monoisotopic (exact) mass is 317 g/mol. The Hall–Kier alpha value is -2.35. The van der Waals surface area contributed by atoms with Gasteiger partial charge in [-0.25, -0.2) is 9.78 Å². The van der Waals surface area contributed by atoms with Crippen LogP contribution in [0.4, 0.5) is 4.79 Å². The van der Waals surface area contributed by atoms with Crippen molar-refractivity contribution < 1.29 is 4.79 Å². The summed E-state index contributed by atoms with van der Waals surface area (Å²) in [7, 11) is 7.43. The number of carbonyl (C=O) groups is 1. The zero-order valence-electron chi connectivity index (χ0n) is 14.1. The van der Waals surface area contributed by atoms with Crippen molar-refractivity contribution in [3.05, 3.63) is 35.2 Å². The number of aromatic nitrogens is 4. The molecular weight excluding hydrogens is 294 g/mol. The summed E-state index contributed by atoms with van der Waals surface area (Å²) in [4.78, 5) is 19.8. The summed E-state index contributed by atoms with van der Waals surface area (Å²) in [6.07, 6.45) is 3.72. The van der Waals surface area contributed by atoms with E-state index in [0.29, 0.717) is 6.54 Å². The summed E-state index contributed by atoms with van der Waals surface area (Å²) in [6, 6.07) is -0.103. The number of hydrogen-bond acceptors (Lipinski definition) is 4. The predicted octanol–water partition coefficient (Wildman–Crippen LogP) is 0.441. The number of rotatable bonds is 4. The van der Waals surface area contributed by atoms with Crippen LogP contribution in [0, 0.1) is 0 Å². The summed E-state index contributed by atoms with van der Waals surface area (Å²) in [5, 5.41) is 7.44. The number of imidazole rings is 1. The summed E-state index contributed by atoms with van der Waals surface area (Å²) in [6.45, 7) is 3.03. The second kappa shape index (κ2) is 6.04. The summed E-state index contributed by atoms with van der Waals surface area (Å²) >= 11 is 0. The van der Waals surface area contributed by atoms with Crippen molar-refractivity contribution in [2.45, 2.75) is 26.2 Å². The molecule has 3 rings (SSSR count). The van der Waals surface area contributed by atoms with Crippen LogP contribution in [0.5, 0.6) is 0 Å². The van der Waals surface area contributed by atoms with Crippen LogP contribution in [0.1, 0.15) is 22.6 Å². The van der Waals surface area contributed by atoms with Crippen molar-refractivity contribution in [2.24, 2.45) is 14.1 Å². The summed E-state index contributed by atoms with van der Waals surface area (Å²) in [5.41, 5.74) is 4.59. The Labute approximate surface area is 135 Å². The molecule has 0 unspecified atom stereocenters. The molecule has 3 heterocycles. The fourth-order valence-electron chi connectivity index (χ4n) is 2.87. The quantitative estimate of drug-likeness (QED) is 0.888. The lowest BCUT2D eigenvalue weighted by Crippen LogP contribution is -2.34. The molecular formula is C15H23N7O. The van der Waals surface area contributed by atoms with Crippen molar-refractivity contribution in [2.75, 3.05) is 14.1 Å². The van der Waals surface area contributed by atoms with Gasteiger partial charge in [-0.15, -0.1) is 0 Å². The normalized spacial score (nSPS) is 14.1. The lowest BCUT2D eigenvalue weighted by Gasteiger charge is -2.16. The zero-order valence-corrected chi connectivity index (χ0v) is 14.1. The van der Waals surface area contributed by atoms with E-state index in [1.54, 1.807) is 14.1 Å². The van der Waals surface area contributed by atoms with Gasteiger partial charge in [0.25, 0.3) is 0 Å². The van der Waals surface area contributed by atoms with E-state index in [2.05, 4.69) is 20.3 Å². The van der Waals surface area contributed by atoms with Crippen LogP contribution in [-0.2, 0) is 40.3 Å².